The number of aliphatic carboxylic acids is 1. The van der Waals surface area contributed by atoms with Crippen LogP contribution >= 0.6 is 0 Å². The topological polar surface area (TPSA) is 63.6 Å². The van der Waals surface area contributed by atoms with Crippen molar-refractivity contribution in [2.45, 2.75) is 13.3 Å². The molecule has 0 heterocycles. The fourth-order valence-corrected chi connectivity index (χ4v) is 0.516. The van der Waals surface area contributed by atoms with Gasteiger partial charge < -0.3 is 9.84 Å². The van der Waals surface area contributed by atoms with Gasteiger partial charge in [0.25, 0.3) is 0 Å². The van der Waals surface area contributed by atoms with Gasteiger partial charge in [-0.1, -0.05) is 6.92 Å². The average molecular weight is 158 g/mol. The SMILES string of the molecule is CC/C(=C/C(=O)OC)C(=O)O. The molecule has 0 rings (SSSR count). The predicted molar refractivity (Wildman–Crippen MR) is 38.0 cm³/mol. The summed E-state index contributed by atoms with van der Waals surface area (Å²) in [4.78, 5) is 20.8. The number of carboxylic acid groups (broad SMARTS) is 1. The maximum absolute atomic E-state index is 10.5. The molecule has 0 aromatic rings. The predicted octanol–water partition coefficient (Wildman–Crippen LogP) is 0.580. The number of hydrogen-bond acceptors (Lipinski definition) is 3. The molecule has 0 aromatic heterocycles. The van der Waals surface area contributed by atoms with Gasteiger partial charge in [0.05, 0.1) is 7.11 Å². The second-order valence-corrected chi connectivity index (χ2v) is 1.85. The quantitative estimate of drug-likeness (QED) is 0.482. The fourth-order valence-electron chi connectivity index (χ4n) is 0.516. The Hall–Kier alpha value is -1.32. The van der Waals surface area contributed by atoms with Crippen LogP contribution in [-0.4, -0.2) is 24.2 Å². The monoisotopic (exact) mass is 158 g/mol. The molecule has 0 spiro atoms. The number of rotatable bonds is 3. The Morgan fingerprint density at radius 3 is 2.36 bits per heavy atom. The van der Waals surface area contributed by atoms with Crippen LogP contribution in [-0.2, 0) is 14.3 Å². The summed E-state index contributed by atoms with van der Waals surface area (Å²) < 4.78 is 4.25. The molecule has 0 aliphatic heterocycles. The molecule has 4 nitrogen and oxygen atoms in total. The van der Waals surface area contributed by atoms with E-state index in [1.165, 1.54) is 7.11 Å². The lowest BCUT2D eigenvalue weighted by molar-refractivity contribution is -0.137. The number of ether oxygens (including phenoxy) is 1. The zero-order valence-electron chi connectivity index (χ0n) is 6.46. The van der Waals surface area contributed by atoms with E-state index in [4.69, 9.17) is 5.11 Å². The van der Waals surface area contributed by atoms with Crippen LogP contribution in [0.4, 0.5) is 0 Å². The minimum absolute atomic E-state index is 0.0526. The first-order valence-corrected chi connectivity index (χ1v) is 3.13. The molecular formula is C7H10O4. The summed E-state index contributed by atoms with van der Waals surface area (Å²) in [5.41, 5.74) is 0.0526. The van der Waals surface area contributed by atoms with E-state index in [1.807, 2.05) is 0 Å². The first kappa shape index (κ1) is 9.68. The highest BCUT2D eigenvalue weighted by atomic mass is 16.5. The lowest BCUT2D eigenvalue weighted by atomic mass is 10.2. The lowest BCUT2D eigenvalue weighted by Gasteiger charge is -1.95. The third kappa shape index (κ3) is 3.40. The van der Waals surface area contributed by atoms with Crippen LogP contribution in [0, 0.1) is 0 Å². The van der Waals surface area contributed by atoms with Crippen molar-refractivity contribution in [3.63, 3.8) is 0 Å². The molecule has 0 saturated heterocycles. The van der Waals surface area contributed by atoms with Crippen LogP contribution in [0.3, 0.4) is 0 Å². The molecule has 0 aliphatic carbocycles. The van der Waals surface area contributed by atoms with Crippen LogP contribution in [0.2, 0.25) is 0 Å². The average Bonchev–Trinajstić information content (AvgIpc) is 1.99. The molecule has 0 aromatic carbocycles. The normalized spacial score (nSPS) is 10.9. The van der Waals surface area contributed by atoms with E-state index in [0.29, 0.717) is 6.42 Å². The van der Waals surface area contributed by atoms with E-state index in [2.05, 4.69) is 4.74 Å². The van der Waals surface area contributed by atoms with Gasteiger partial charge >= 0.3 is 11.9 Å². The molecule has 1 N–H and O–H groups in total. The van der Waals surface area contributed by atoms with Crippen molar-refractivity contribution in [1.29, 1.82) is 0 Å². The van der Waals surface area contributed by atoms with Crippen molar-refractivity contribution < 1.29 is 19.4 Å². The number of hydrogen-bond donors (Lipinski definition) is 1. The summed E-state index contributed by atoms with van der Waals surface area (Å²) in [7, 11) is 1.20. The second kappa shape index (κ2) is 4.49. The zero-order chi connectivity index (χ0) is 8.85. The third-order valence-electron chi connectivity index (χ3n) is 1.15. The van der Waals surface area contributed by atoms with E-state index in [0.717, 1.165) is 6.08 Å². The van der Waals surface area contributed by atoms with Crippen LogP contribution in [0.1, 0.15) is 13.3 Å². The van der Waals surface area contributed by atoms with Crippen LogP contribution in [0.15, 0.2) is 11.6 Å². The van der Waals surface area contributed by atoms with E-state index >= 15 is 0 Å². The number of carboxylic acids is 1. The van der Waals surface area contributed by atoms with Gasteiger partial charge in [0.15, 0.2) is 0 Å². The van der Waals surface area contributed by atoms with E-state index in [9.17, 15) is 9.59 Å². The molecule has 11 heavy (non-hydrogen) atoms. The first-order chi connectivity index (χ1) is 5.11. The number of methoxy groups -OCH3 is 1. The van der Waals surface area contributed by atoms with Gasteiger partial charge in [0.1, 0.15) is 0 Å². The molecule has 62 valence electrons. The molecule has 0 aliphatic rings. The number of carbonyl (C=O) groups is 2. The summed E-state index contributed by atoms with van der Waals surface area (Å²) in [6, 6.07) is 0. The largest absolute Gasteiger partial charge is 0.478 e. The zero-order valence-corrected chi connectivity index (χ0v) is 6.46. The standard InChI is InChI=1S/C7H10O4/c1-3-5(7(9)10)4-6(8)11-2/h4H,3H2,1-2H3,(H,9,10)/b5-4-. The van der Waals surface area contributed by atoms with Gasteiger partial charge in [-0.3, -0.25) is 0 Å². The van der Waals surface area contributed by atoms with Crippen LogP contribution < -0.4 is 0 Å². The van der Waals surface area contributed by atoms with Crippen molar-refractivity contribution in [3.05, 3.63) is 11.6 Å². The Labute approximate surface area is 64.5 Å². The maximum Gasteiger partial charge on any atom is 0.331 e. The van der Waals surface area contributed by atoms with Crippen molar-refractivity contribution in [2.24, 2.45) is 0 Å². The highest BCUT2D eigenvalue weighted by Crippen LogP contribution is 2.00. The van der Waals surface area contributed by atoms with Gasteiger partial charge in [-0.15, -0.1) is 0 Å². The molecular weight excluding hydrogens is 148 g/mol. The molecule has 4 heteroatoms. The van der Waals surface area contributed by atoms with Crippen LogP contribution in [0.5, 0.6) is 0 Å². The Morgan fingerprint density at radius 2 is 2.09 bits per heavy atom. The van der Waals surface area contributed by atoms with E-state index < -0.39 is 11.9 Å². The molecule has 0 amide bonds. The number of carbonyl (C=O) groups excluding carboxylic acids is 1. The smallest absolute Gasteiger partial charge is 0.331 e. The Balaban J connectivity index is 4.35. The number of esters is 1. The van der Waals surface area contributed by atoms with Crippen LogP contribution in [0.25, 0.3) is 0 Å². The first-order valence-electron chi connectivity index (χ1n) is 3.13. The summed E-state index contributed by atoms with van der Waals surface area (Å²) in [6.45, 7) is 1.66. The van der Waals surface area contributed by atoms with Gasteiger partial charge in [-0.05, 0) is 6.42 Å². The summed E-state index contributed by atoms with van der Waals surface area (Å²) in [5.74, 6) is -1.72. The lowest BCUT2D eigenvalue weighted by Crippen LogP contribution is -2.04. The Kier molecular flexibility index (Phi) is 3.95. The van der Waals surface area contributed by atoms with Crippen molar-refractivity contribution >= 4 is 11.9 Å². The highest BCUT2D eigenvalue weighted by molar-refractivity contribution is 5.95. The van der Waals surface area contributed by atoms with E-state index in [1.54, 1.807) is 6.92 Å². The molecule has 0 saturated carbocycles. The second-order valence-electron chi connectivity index (χ2n) is 1.85. The molecule has 0 bridgehead atoms. The van der Waals surface area contributed by atoms with Gasteiger partial charge in [-0.25, -0.2) is 9.59 Å². The molecule has 0 fully saturated rings. The Morgan fingerprint density at radius 1 is 1.55 bits per heavy atom. The van der Waals surface area contributed by atoms with Gasteiger partial charge in [0.2, 0.25) is 0 Å². The fraction of sp³-hybridized carbons (Fsp3) is 0.429. The summed E-state index contributed by atoms with van der Waals surface area (Å²) >= 11 is 0. The summed E-state index contributed by atoms with van der Waals surface area (Å²) in [5, 5.41) is 8.44. The third-order valence-corrected chi connectivity index (χ3v) is 1.15. The van der Waals surface area contributed by atoms with E-state index in [-0.39, 0.29) is 5.57 Å². The minimum atomic E-state index is -1.09. The summed E-state index contributed by atoms with van der Waals surface area (Å²) in [6.07, 6.45) is 1.28. The highest BCUT2D eigenvalue weighted by Gasteiger charge is 2.06. The van der Waals surface area contributed by atoms with Gasteiger partial charge in [0, 0.05) is 11.6 Å². The molecule has 0 unspecified atom stereocenters. The van der Waals surface area contributed by atoms with Gasteiger partial charge in [-0.2, -0.15) is 0 Å². The van der Waals surface area contributed by atoms with Crippen molar-refractivity contribution in [3.8, 4) is 0 Å². The minimum Gasteiger partial charge on any atom is -0.478 e. The van der Waals surface area contributed by atoms with Crippen molar-refractivity contribution in [1.82, 2.24) is 0 Å². The van der Waals surface area contributed by atoms with Crippen molar-refractivity contribution in [2.75, 3.05) is 7.11 Å². The molecule has 0 atom stereocenters. The molecule has 0 radical (unpaired) electrons. The Bertz CT molecular complexity index is 193. The maximum atomic E-state index is 10.5.